The van der Waals surface area contributed by atoms with E-state index in [1.165, 1.54) is 18.6 Å². The van der Waals surface area contributed by atoms with Crippen molar-refractivity contribution in [3.63, 3.8) is 0 Å². The number of esters is 1. The maximum atomic E-state index is 11.5. The molecule has 0 saturated heterocycles. The Morgan fingerprint density at radius 2 is 1.95 bits per heavy atom. The van der Waals surface area contributed by atoms with Crippen LogP contribution in [-0.2, 0) is 9.53 Å². The minimum absolute atomic E-state index is 0.0648. The van der Waals surface area contributed by atoms with Crippen molar-refractivity contribution >= 4 is 17.6 Å². The lowest BCUT2D eigenvalue weighted by Crippen LogP contribution is -2.21. The van der Waals surface area contributed by atoms with Gasteiger partial charge in [0.25, 0.3) is 5.91 Å². The molecule has 1 aromatic carbocycles. The Labute approximate surface area is 109 Å². The Hall–Kier alpha value is -2.76. The van der Waals surface area contributed by atoms with E-state index in [1.807, 2.05) is 6.07 Å². The summed E-state index contributed by atoms with van der Waals surface area (Å²) in [6, 6.07) is 8.90. The molecular formula is C13H11N3O3. The Bertz CT molecular complexity index is 558. The SMILES string of the molecule is O=C(COC(=O)c1cnccn1)Nc1ccccc1. The molecule has 6 heteroatoms. The first-order valence-corrected chi connectivity index (χ1v) is 5.54. The molecule has 0 radical (unpaired) electrons. The third kappa shape index (κ3) is 3.88. The van der Waals surface area contributed by atoms with Gasteiger partial charge in [0.1, 0.15) is 0 Å². The molecule has 0 saturated carbocycles. The number of rotatable bonds is 4. The molecule has 6 nitrogen and oxygen atoms in total. The number of hydrogen-bond acceptors (Lipinski definition) is 5. The van der Waals surface area contributed by atoms with Crippen molar-refractivity contribution in [1.29, 1.82) is 0 Å². The van der Waals surface area contributed by atoms with Crippen LogP contribution < -0.4 is 5.32 Å². The molecule has 2 aromatic rings. The minimum atomic E-state index is -0.684. The van der Waals surface area contributed by atoms with Crippen molar-refractivity contribution in [2.45, 2.75) is 0 Å². The van der Waals surface area contributed by atoms with E-state index in [4.69, 9.17) is 4.74 Å². The van der Waals surface area contributed by atoms with Crippen LogP contribution in [-0.4, -0.2) is 28.5 Å². The van der Waals surface area contributed by atoms with Crippen LogP contribution in [0.5, 0.6) is 0 Å². The normalized spacial score (nSPS) is 9.68. The molecule has 96 valence electrons. The average molecular weight is 257 g/mol. The summed E-state index contributed by atoms with van der Waals surface area (Å²) in [5.74, 6) is -1.10. The fraction of sp³-hybridized carbons (Fsp3) is 0.0769. The summed E-state index contributed by atoms with van der Waals surface area (Å²) in [6.45, 7) is -0.371. The summed E-state index contributed by atoms with van der Waals surface area (Å²) in [4.78, 5) is 30.5. The predicted molar refractivity (Wildman–Crippen MR) is 67.4 cm³/mol. The lowest BCUT2D eigenvalue weighted by Gasteiger charge is -2.05. The van der Waals surface area contributed by atoms with Gasteiger partial charge in [-0.2, -0.15) is 0 Å². The number of ether oxygens (including phenoxy) is 1. The highest BCUT2D eigenvalue weighted by Gasteiger charge is 2.11. The molecule has 0 aliphatic heterocycles. The molecule has 1 N–H and O–H groups in total. The fourth-order valence-corrected chi connectivity index (χ4v) is 1.33. The second kappa shape index (κ2) is 6.25. The van der Waals surface area contributed by atoms with Crippen molar-refractivity contribution in [1.82, 2.24) is 9.97 Å². The number of carbonyl (C=O) groups excluding carboxylic acids is 2. The molecule has 0 fully saturated rings. The monoisotopic (exact) mass is 257 g/mol. The zero-order valence-electron chi connectivity index (χ0n) is 9.95. The number of carbonyl (C=O) groups is 2. The predicted octanol–water partition coefficient (Wildman–Crippen LogP) is 1.27. The van der Waals surface area contributed by atoms with Crippen LogP contribution in [0, 0.1) is 0 Å². The van der Waals surface area contributed by atoms with Crippen molar-refractivity contribution < 1.29 is 14.3 Å². The summed E-state index contributed by atoms with van der Waals surface area (Å²) in [7, 11) is 0. The highest BCUT2D eigenvalue weighted by Crippen LogP contribution is 2.04. The molecule has 0 aliphatic rings. The van der Waals surface area contributed by atoms with Crippen molar-refractivity contribution in [2.24, 2.45) is 0 Å². The number of amides is 1. The highest BCUT2D eigenvalue weighted by atomic mass is 16.5. The summed E-state index contributed by atoms with van der Waals surface area (Å²) in [5.41, 5.74) is 0.707. The van der Waals surface area contributed by atoms with Crippen LogP contribution in [0.4, 0.5) is 5.69 Å². The molecule has 0 atom stereocenters. The zero-order valence-corrected chi connectivity index (χ0v) is 9.95. The van der Waals surface area contributed by atoms with Gasteiger partial charge in [0.05, 0.1) is 6.20 Å². The second-order valence-electron chi connectivity index (χ2n) is 3.58. The van der Waals surface area contributed by atoms with Crippen molar-refractivity contribution in [2.75, 3.05) is 11.9 Å². The van der Waals surface area contributed by atoms with Crippen LogP contribution in [0.25, 0.3) is 0 Å². The number of anilines is 1. The van der Waals surface area contributed by atoms with Crippen LogP contribution >= 0.6 is 0 Å². The van der Waals surface area contributed by atoms with Gasteiger partial charge in [-0.3, -0.25) is 9.78 Å². The van der Waals surface area contributed by atoms with Crippen LogP contribution in [0.2, 0.25) is 0 Å². The number of nitrogens with one attached hydrogen (secondary N) is 1. The quantitative estimate of drug-likeness (QED) is 0.834. The van der Waals surface area contributed by atoms with Gasteiger partial charge in [-0.25, -0.2) is 9.78 Å². The first kappa shape index (κ1) is 12.7. The zero-order chi connectivity index (χ0) is 13.5. The number of nitrogens with zero attached hydrogens (tertiary/aromatic N) is 2. The fourth-order valence-electron chi connectivity index (χ4n) is 1.33. The topological polar surface area (TPSA) is 81.2 Å². The minimum Gasteiger partial charge on any atom is -0.451 e. The van der Waals surface area contributed by atoms with E-state index in [2.05, 4.69) is 15.3 Å². The molecule has 0 bridgehead atoms. The van der Waals surface area contributed by atoms with Gasteiger partial charge >= 0.3 is 5.97 Å². The van der Waals surface area contributed by atoms with Crippen LogP contribution in [0.1, 0.15) is 10.5 Å². The van der Waals surface area contributed by atoms with Crippen LogP contribution in [0.15, 0.2) is 48.9 Å². The van der Waals surface area contributed by atoms with E-state index in [0.717, 1.165) is 0 Å². The number of hydrogen-bond donors (Lipinski definition) is 1. The second-order valence-corrected chi connectivity index (χ2v) is 3.58. The molecule has 0 unspecified atom stereocenters. The van der Waals surface area contributed by atoms with Gasteiger partial charge in [-0.15, -0.1) is 0 Å². The summed E-state index contributed by atoms with van der Waals surface area (Å²) < 4.78 is 4.81. The maximum Gasteiger partial charge on any atom is 0.359 e. The number of benzene rings is 1. The standard InChI is InChI=1S/C13H11N3O3/c17-12(16-10-4-2-1-3-5-10)9-19-13(18)11-8-14-6-7-15-11/h1-8H,9H2,(H,16,17). The molecular weight excluding hydrogens is 246 g/mol. The Kier molecular flexibility index (Phi) is 4.17. The van der Waals surface area contributed by atoms with Gasteiger partial charge in [-0.05, 0) is 12.1 Å². The van der Waals surface area contributed by atoms with Crippen molar-refractivity contribution in [3.8, 4) is 0 Å². The molecule has 2 rings (SSSR count). The van der Waals surface area contributed by atoms with E-state index >= 15 is 0 Å². The maximum absolute atomic E-state index is 11.5. The largest absolute Gasteiger partial charge is 0.451 e. The Morgan fingerprint density at radius 3 is 2.63 bits per heavy atom. The van der Waals surface area contributed by atoms with E-state index in [9.17, 15) is 9.59 Å². The number of para-hydroxylation sites is 1. The Balaban J connectivity index is 1.83. The van der Waals surface area contributed by atoms with Crippen molar-refractivity contribution in [3.05, 3.63) is 54.6 Å². The van der Waals surface area contributed by atoms with E-state index in [-0.39, 0.29) is 12.3 Å². The summed E-state index contributed by atoms with van der Waals surface area (Å²) >= 11 is 0. The summed E-state index contributed by atoms with van der Waals surface area (Å²) in [5, 5.41) is 2.60. The van der Waals surface area contributed by atoms with Crippen LogP contribution in [0.3, 0.4) is 0 Å². The third-order valence-corrected chi connectivity index (χ3v) is 2.16. The summed E-state index contributed by atoms with van der Waals surface area (Å²) in [6.07, 6.45) is 4.09. The van der Waals surface area contributed by atoms with E-state index < -0.39 is 11.9 Å². The first-order chi connectivity index (χ1) is 9.25. The average Bonchev–Trinajstić information content (AvgIpc) is 2.47. The molecule has 1 heterocycles. The smallest absolute Gasteiger partial charge is 0.359 e. The number of aromatic nitrogens is 2. The molecule has 0 spiro atoms. The molecule has 1 aromatic heterocycles. The first-order valence-electron chi connectivity index (χ1n) is 5.54. The van der Waals surface area contributed by atoms with E-state index in [1.54, 1.807) is 24.3 Å². The van der Waals surface area contributed by atoms with Gasteiger partial charge in [0.15, 0.2) is 12.3 Å². The molecule has 0 aliphatic carbocycles. The van der Waals surface area contributed by atoms with Gasteiger partial charge in [0, 0.05) is 18.1 Å². The Morgan fingerprint density at radius 1 is 1.16 bits per heavy atom. The van der Waals surface area contributed by atoms with Gasteiger partial charge in [0.2, 0.25) is 0 Å². The molecule has 19 heavy (non-hydrogen) atoms. The van der Waals surface area contributed by atoms with Gasteiger partial charge < -0.3 is 10.1 Å². The lowest BCUT2D eigenvalue weighted by molar-refractivity contribution is -0.119. The lowest BCUT2D eigenvalue weighted by atomic mass is 10.3. The third-order valence-electron chi connectivity index (χ3n) is 2.16. The highest BCUT2D eigenvalue weighted by molar-refractivity contribution is 5.94. The van der Waals surface area contributed by atoms with E-state index in [0.29, 0.717) is 5.69 Å². The molecule has 1 amide bonds. The van der Waals surface area contributed by atoms with Gasteiger partial charge in [-0.1, -0.05) is 18.2 Å².